The van der Waals surface area contributed by atoms with Crippen molar-refractivity contribution in [2.45, 2.75) is 13.3 Å². The van der Waals surface area contributed by atoms with Crippen molar-refractivity contribution in [3.8, 4) is 0 Å². The van der Waals surface area contributed by atoms with Gasteiger partial charge in [0.2, 0.25) is 0 Å². The molecule has 0 aliphatic rings. The first-order chi connectivity index (χ1) is 8.10. The Morgan fingerprint density at radius 1 is 1.53 bits per heavy atom. The quantitative estimate of drug-likeness (QED) is 0.912. The largest absolute Gasteiger partial charge is 0.334 e. The highest BCUT2D eigenvalue weighted by molar-refractivity contribution is 9.10. The fourth-order valence-corrected chi connectivity index (χ4v) is 2.04. The van der Waals surface area contributed by atoms with E-state index in [0.29, 0.717) is 11.5 Å². The van der Waals surface area contributed by atoms with Gasteiger partial charge in [0.25, 0.3) is 5.56 Å². The maximum Gasteiger partial charge on any atom is 0.274 e. The van der Waals surface area contributed by atoms with Gasteiger partial charge in [0.05, 0.1) is 0 Å². The van der Waals surface area contributed by atoms with Crippen molar-refractivity contribution in [3.05, 3.63) is 38.9 Å². The van der Waals surface area contributed by atoms with Crippen molar-refractivity contribution in [1.82, 2.24) is 14.8 Å². The van der Waals surface area contributed by atoms with Crippen LogP contribution in [-0.2, 0) is 13.5 Å². The Balaban J connectivity index is 2.32. The first kappa shape index (κ1) is 11.9. The summed E-state index contributed by atoms with van der Waals surface area (Å²) in [4.78, 5) is 11.8. The highest BCUT2D eigenvalue weighted by Gasteiger charge is 2.06. The number of rotatable bonds is 3. The Hall–Kier alpha value is -1.56. The summed E-state index contributed by atoms with van der Waals surface area (Å²) in [5, 5.41) is 9.98. The molecule has 90 valence electrons. The Morgan fingerprint density at radius 2 is 2.29 bits per heavy atom. The van der Waals surface area contributed by atoms with Crippen molar-refractivity contribution in [1.29, 1.82) is 0 Å². The molecule has 2 rings (SSSR count). The number of halogens is 1. The van der Waals surface area contributed by atoms with Gasteiger partial charge in [-0.15, -0.1) is 0 Å². The van der Waals surface area contributed by atoms with Crippen LogP contribution in [-0.4, -0.2) is 14.8 Å². The van der Waals surface area contributed by atoms with Gasteiger partial charge in [-0.05, 0) is 28.4 Å². The third kappa shape index (κ3) is 2.58. The average molecular weight is 297 g/mol. The standard InChI is InChI=1S/C11H13BrN4O/c1-3-8-5-10(15-14-8)13-9-4-7(12)6-16(2)11(9)17/h4-6H,3H2,1-2H3,(H2,13,14,15). The number of anilines is 2. The SMILES string of the molecule is CCc1cc(Nc2cc(Br)cn(C)c2=O)n[nH]1. The van der Waals surface area contributed by atoms with E-state index < -0.39 is 0 Å². The minimum Gasteiger partial charge on any atom is -0.334 e. The molecule has 0 saturated heterocycles. The maximum absolute atomic E-state index is 11.8. The Labute approximate surface area is 107 Å². The fraction of sp³-hybridized carbons (Fsp3) is 0.273. The predicted molar refractivity (Wildman–Crippen MR) is 70.6 cm³/mol. The van der Waals surface area contributed by atoms with Crippen molar-refractivity contribution in [2.24, 2.45) is 7.05 Å². The number of aromatic nitrogens is 3. The second kappa shape index (κ2) is 4.75. The molecule has 0 saturated carbocycles. The first-order valence-corrected chi connectivity index (χ1v) is 6.07. The van der Waals surface area contributed by atoms with Crippen molar-refractivity contribution in [3.63, 3.8) is 0 Å². The lowest BCUT2D eigenvalue weighted by Crippen LogP contribution is -2.19. The van der Waals surface area contributed by atoms with Gasteiger partial charge in [0, 0.05) is 29.5 Å². The van der Waals surface area contributed by atoms with E-state index in [9.17, 15) is 4.79 Å². The van der Waals surface area contributed by atoms with Gasteiger partial charge in [-0.2, -0.15) is 5.10 Å². The number of nitrogens with zero attached hydrogens (tertiary/aromatic N) is 2. The predicted octanol–water partition coefficient (Wildman–Crippen LogP) is 2.18. The monoisotopic (exact) mass is 296 g/mol. The van der Waals surface area contributed by atoms with E-state index in [0.717, 1.165) is 16.6 Å². The molecule has 0 bridgehead atoms. The molecule has 2 aromatic heterocycles. The molecule has 0 unspecified atom stereocenters. The summed E-state index contributed by atoms with van der Waals surface area (Å²) in [6.45, 7) is 2.04. The van der Waals surface area contributed by atoms with E-state index >= 15 is 0 Å². The van der Waals surface area contributed by atoms with E-state index in [1.807, 2.05) is 13.0 Å². The number of H-pyrrole nitrogens is 1. The molecule has 0 aromatic carbocycles. The third-order valence-electron chi connectivity index (χ3n) is 2.42. The molecule has 0 atom stereocenters. The van der Waals surface area contributed by atoms with Crippen LogP contribution in [0.3, 0.4) is 0 Å². The van der Waals surface area contributed by atoms with Crippen LogP contribution in [0.15, 0.2) is 27.6 Å². The Kier molecular flexibility index (Phi) is 3.33. The lowest BCUT2D eigenvalue weighted by Gasteiger charge is -2.05. The summed E-state index contributed by atoms with van der Waals surface area (Å²) in [7, 11) is 1.71. The van der Waals surface area contributed by atoms with E-state index in [2.05, 4.69) is 31.4 Å². The molecule has 6 heteroatoms. The highest BCUT2D eigenvalue weighted by atomic mass is 79.9. The number of aromatic amines is 1. The van der Waals surface area contributed by atoms with Gasteiger partial charge < -0.3 is 9.88 Å². The molecule has 0 amide bonds. The number of pyridine rings is 1. The zero-order valence-electron chi connectivity index (χ0n) is 9.62. The van der Waals surface area contributed by atoms with Crippen LogP contribution in [0.2, 0.25) is 0 Å². The number of nitrogens with one attached hydrogen (secondary N) is 2. The first-order valence-electron chi connectivity index (χ1n) is 5.27. The van der Waals surface area contributed by atoms with E-state index in [-0.39, 0.29) is 5.56 Å². The smallest absolute Gasteiger partial charge is 0.274 e. The van der Waals surface area contributed by atoms with Crippen molar-refractivity contribution < 1.29 is 0 Å². The second-order valence-corrected chi connectivity index (χ2v) is 4.66. The van der Waals surface area contributed by atoms with Gasteiger partial charge in [0.15, 0.2) is 5.82 Å². The van der Waals surface area contributed by atoms with Crippen molar-refractivity contribution >= 4 is 27.4 Å². The second-order valence-electron chi connectivity index (χ2n) is 3.75. The molecule has 17 heavy (non-hydrogen) atoms. The van der Waals surface area contributed by atoms with E-state index in [1.165, 1.54) is 4.57 Å². The van der Waals surface area contributed by atoms with E-state index in [1.54, 1.807) is 19.3 Å². The summed E-state index contributed by atoms with van der Waals surface area (Å²) < 4.78 is 2.35. The molecule has 0 aliphatic heterocycles. The van der Waals surface area contributed by atoms with Gasteiger partial charge >= 0.3 is 0 Å². The molecule has 0 fully saturated rings. The van der Waals surface area contributed by atoms with E-state index in [4.69, 9.17) is 0 Å². The van der Waals surface area contributed by atoms with Crippen LogP contribution < -0.4 is 10.9 Å². The molecule has 2 N–H and O–H groups in total. The number of aryl methyl sites for hydroxylation is 2. The molecule has 2 heterocycles. The summed E-state index contributed by atoms with van der Waals surface area (Å²) in [5.74, 6) is 0.650. The lowest BCUT2D eigenvalue weighted by atomic mass is 10.3. The topological polar surface area (TPSA) is 62.7 Å². The molecule has 0 radical (unpaired) electrons. The third-order valence-corrected chi connectivity index (χ3v) is 2.86. The Morgan fingerprint density at radius 3 is 2.94 bits per heavy atom. The fourth-order valence-electron chi connectivity index (χ4n) is 1.50. The molecular formula is C11H13BrN4O. The van der Waals surface area contributed by atoms with Crippen molar-refractivity contribution in [2.75, 3.05) is 5.32 Å². The summed E-state index contributed by atoms with van der Waals surface area (Å²) in [5.41, 5.74) is 1.43. The normalized spacial score (nSPS) is 10.5. The van der Waals surface area contributed by atoms with Crippen LogP contribution in [0.25, 0.3) is 0 Å². The molecular weight excluding hydrogens is 284 g/mol. The molecule has 2 aromatic rings. The summed E-state index contributed by atoms with van der Waals surface area (Å²) in [6.07, 6.45) is 2.60. The van der Waals surface area contributed by atoms with Crippen LogP contribution in [0.5, 0.6) is 0 Å². The molecule has 5 nitrogen and oxygen atoms in total. The summed E-state index contributed by atoms with van der Waals surface area (Å²) >= 11 is 3.35. The lowest BCUT2D eigenvalue weighted by molar-refractivity contribution is 0.858. The minimum absolute atomic E-state index is 0.0887. The maximum atomic E-state index is 11.8. The van der Waals surface area contributed by atoms with Gasteiger partial charge in [-0.1, -0.05) is 6.92 Å². The molecule has 0 spiro atoms. The van der Waals surface area contributed by atoms with Crippen LogP contribution in [0.4, 0.5) is 11.5 Å². The van der Waals surface area contributed by atoms with Crippen LogP contribution >= 0.6 is 15.9 Å². The van der Waals surface area contributed by atoms with Gasteiger partial charge in [-0.25, -0.2) is 0 Å². The molecule has 0 aliphatic carbocycles. The Bertz CT molecular complexity index is 587. The zero-order valence-corrected chi connectivity index (χ0v) is 11.2. The average Bonchev–Trinajstić information content (AvgIpc) is 2.73. The van der Waals surface area contributed by atoms with Gasteiger partial charge in [-0.3, -0.25) is 9.89 Å². The minimum atomic E-state index is -0.0887. The highest BCUT2D eigenvalue weighted by Crippen LogP contribution is 2.16. The van der Waals surface area contributed by atoms with Gasteiger partial charge in [0.1, 0.15) is 5.69 Å². The number of hydrogen-bond acceptors (Lipinski definition) is 3. The summed E-state index contributed by atoms with van der Waals surface area (Å²) in [6, 6.07) is 3.63. The number of hydrogen-bond donors (Lipinski definition) is 2. The van der Waals surface area contributed by atoms with Crippen LogP contribution in [0.1, 0.15) is 12.6 Å². The van der Waals surface area contributed by atoms with Crippen LogP contribution in [0, 0.1) is 0 Å². The zero-order chi connectivity index (χ0) is 12.4.